The standard InChI is InChI=1S/C21H28ClNO4/c1-21(2,3)12-23-18-16(26-5)11-14(22)20(27-6)17(18)19(24)13-9-7-8-10-15(13)25-4/h7-11,19,23-24H,12H2,1-6H3. The third-order valence-corrected chi connectivity index (χ3v) is 4.44. The quantitative estimate of drug-likeness (QED) is 0.700. The minimum absolute atomic E-state index is 0.0184. The SMILES string of the molecule is COc1ccccc1C(O)c1c(NCC(C)(C)C)c(OC)cc(Cl)c1OC. The normalized spacial score (nSPS) is 12.4. The molecule has 148 valence electrons. The molecule has 2 rings (SSSR count). The predicted molar refractivity (Wildman–Crippen MR) is 110 cm³/mol. The lowest BCUT2D eigenvalue weighted by atomic mass is 9.94. The zero-order valence-electron chi connectivity index (χ0n) is 16.7. The van der Waals surface area contributed by atoms with E-state index in [1.165, 1.54) is 7.11 Å². The van der Waals surface area contributed by atoms with Crippen molar-refractivity contribution in [1.29, 1.82) is 0 Å². The van der Waals surface area contributed by atoms with Crippen LogP contribution in [0, 0.1) is 5.41 Å². The van der Waals surface area contributed by atoms with E-state index in [1.54, 1.807) is 26.4 Å². The first-order valence-electron chi connectivity index (χ1n) is 8.72. The molecule has 0 saturated carbocycles. The molecule has 0 aliphatic rings. The van der Waals surface area contributed by atoms with Gasteiger partial charge in [-0.1, -0.05) is 50.6 Å². The van der Waals surface area contributed by atoms with Gasteiger partial charge in [0.15, 0.2) is 0 Å². The van der Waals surface area contributed by atoms with Crippen molar-refractivity contribution in [3.63, 3.8) is 0 Å². The molecule has 0 amide bonds. The van der Waals surface area contributed by atoms with E-state index in [0.717, 1.165) is 0 Å². The van der Waals surface area contributed by atoms with Crippen molar-refractivity contribution < 1.29 is 19.3 Å². The van der Waals surface area contributed by atoms with E-state index in [9.17, 15) is 5.11 Å². The molecule has 2 aromatic rings. The van der Waals surface area contributed by atoms with Gasteiger partial charge >= 0.3 is 0 Å². The maximum Gasteiger partial charge on any atom is 0.145 e. The number of methoxy groups -OCH3 is 3. The van der Waals surface area contributed by atoms with E-state index >= 15 is 0 Å². The van der Waals surface area contributed by atoms with Crippen LogP contribution in [0.3, 0.4) is 0 Å². The van der Waals surface area contributed by atoms with Gasteiger partial charge in [-0.05, 0) is 11.5 Å². The van der Waals surface area contributed by atoms with Crippen LogP contribution >= 0.6 is 11.6 Å². The van der Waals surface area contributed by atoms with Gasteiger partial charge in [-0.3, -0.25) is 0 Å². The molecule has 0 heterocycles. The lowest BCUT2D eigenvalue weighted by molar-refractivity contribution is 0.209. The number of rotatable bonds is 7. The van der Waals surface area contributed by atoms with Gasteiger partial charge in [0.2, 0.25) is 0 Å². The second-order valence-electron chi connectivity index (χ2n) is 7.44. The summed E-state index contributed by atoms with van der Waals surface area (Å²) in [6.45, 7) is 7.03. The van der Waals surface area contributed by atoms with Crippen LogP contribution < -0.4 is 19.5 Å². The van der Waals surface area contributed by atoms with Crippen molar-refractivity contribution in [2.24, 2.45) is 5.41 Å². The van der Waals surface area contributed by atoms with Crippen LogP contribution in [0.25, 0.3) is 0 Å². The van der Waals surface area contributed by atoms with Crippen molar-refractivity contribution in [1.82, 2.24) is 0 Å². The fraction of sp³-hybridized carbons (Fsp3) is 0.429. The zero-order valence-corrected chi connectivity index (χ0v) is 17.5. The first-order chi connectivity index (χ1) is 12.7. The third-order valence-electron chi connectivity index (χ3n) is 4.16. The maximum absolute atomic E-state index is 11.3. The van der Waals surface area contributed by atoms with Gasteiger partial charge in [-0.25, -0.2) is 0 Å². The average Bonchev–Trinajstić information content (AvgIpc) is 2.64. The molecule has 5 nitrogen and oxygen atoms in total. The van der Waals surface area contributed by atoms with Gasteiger partial charge in [0.1, 0.15) is 23.4 Å². The summed E-state index contributed by atoms with van der Waals surface area (Å²) in [4.78, 5) is 0. The molecule has 0 aromatic heterocycles. The summed E-state index contributed by atoms with van der Waals surface area (Å²) in [5, 5.41) is 15.0. The monoisotopic (exact) mass is 393 g/mol. The predicted octanol–water partition coefficient (Wildman–Crippen LogP) is 4.91. The van der Waals surface area contributed by atoms with E-state index in [1.807, 2.05) is 18.2 Å². The molecule has 0 saturated heterocycles. The Morgan fingerprint density at radius 3 is 2.22 bits per heavy atom. The van der Waals surface area contributed by atoms with Crippen molar-refractivity contribution in [2.75, 3.05) is 33.2 Å². The number of halogens is 1. The first kappa shape index (κ1) is 21.2. The van der Waals surface area contributed by atoms with Crippen molar-refractivity contribution in [3.8, 4) is 17.2 Å². The summed E-state index contributed by atoms with van der Waals surface area (Å²) >= 11 is 6.41. The van der Waals surface area contributed by atoms with Crippen LogP contribution in [-0.4, -0.2) is 33.0 Å². The Balaban J connectivity index is 2.68. The summed E-state index contributed by atoms with van der Waals surface area (Å²) < 4.78 is 16.5. The molecular formula is C21H28ClNO4. The van der Waals surface area contributed by atoms with Gasteiger partial charge in [-0.15, -0.1) is 0 Å². The smallest absolute Gasteiger partial charge is 0.145 e. The molecular weight excluding hydrogens is 366 g/mol. The Morgan fingerprint density at radius 2 is 1.67 bits per heavy atom. The highest BCUT2D eigenvalue weighted by atomic mass is 35.5. The summed E-state index contributed by atoms with van der Waals surface area (Å²) in [5.41, 5.74) is 1.79. The fourth-order valence-corrected chi connectivity index (χ4v) is 3.12. The van der Waals surface area contributed by atoms with Crippen molar-refractivity contribution >= 4 is 17.3 Å². The van der Waals surface area contributed by atoms with Crippen LogP contribution in [0.5, 0.6) is 17.2 Å². The molecule has 27 heavy (non-hydrogen) atoms. The lowest BCUT2D eigenvalue weighted by Crippen LogP contribution is -2.21. The second kappa shape index (κ2) is 8.72. The highest BCUT2D eigenvalue weighted by Gasteiger charge is 2.28. The van der Waals surface area contributed by atoms with E-state index in [4.69, 9.17) is 25.8 Å². The molecule has 0 aliphatic carbocycles. The number of hydrogen-bond acceptors (Lipinski definition) is 5. The molecule has 6 heteroatoms. The summed E-state index contributed by atoms with van der Waals surface area (Å²) in [6, 6.07) is 8.99. The Labute approximate surface area is 166 Å². The van der Waals surface area contributed by atoms with Crippen LogP contribution in [0.15, 0.2) is 30.3 Å². The Kier molecular flexibility index (Phi) is 6.84. The van der Waals surface area contributed by atoms with Gasteiger partial charge in [-0.2, -0.15) is 0 Å². The minimum Gasteiger partial charge on any atom is -0.496 e. The van der Waals surface area contributed by atoms with Gasteiger partial charge in [0.05, 0.1) is 37.6 Å². The van der Waals surface area contributed by atoms with Gasteiger partial charge in [0, 0.05) is 18.2 Å². The summed E-state index contributed by atoms with van der Waals surface area (Å²) in [5.74, 6) is 1.51. The largest absolute Gasteiger partial charge is 0.496 e. The van der Waals surface area contributed by atoms with Crippen molar-refractivity contribution in [3.05, 3.63) is 46.5 Å². The third kappa shape index (κ3) is 4.79. The van der Waals surface area contributed by atoms with Gasteiger partial charge < -0.3 is 24.6 Å². The molecule has 0 radical (unpaired) electrons. The highest BCUT2D eigenvalue weighted by Crippen LogP contribution is 2.47. The Hall–Kier alpha value is -2.11. The van der Waals surface area contributed by atoms with E-state index < -0.39 is 6.10 Å². The number of benzene rings is 2. The number of aliphatic hydroxyl groups excluding tert-OH is 1. The zero-order chi connectivity index (χ0) is 20.2. The van der Waals surface area contributed by atoms with Crippen LogP contribution in [-0.2, 0) is 0 Å². The number of para-hydroxylation sites is 1. The number of nitrogens with one attached hydrogen (secondary N) is 1. The van der Waals surface area contributed by atoms with Gasteiger partial charge in [0.25, 0.3) is 0 Å². The number of aliphatic hydroxyl groups is 1. The molecule has 0 aliphatic heterocycles. The number of anilines is 1. The van der Waals surface area contributed by atoms with E-state index in [0.29, 0.717) is 45.6 Å². The number of hydrogen-bond donors (Lipinski definition) is 2. The summed E-state index contributed by atoms with van der Waals surface area (Å²) in [6.07, 6.45) is -1.02. The van der Waals surface area contributed by atoms with E-state index in [-0.39, 0.29) is 5.41 Å². The average molecular weight is 394 g/mol. The maximum atomic E-state index is 11.3. The molecule has 1 unspecified atom stereocenters. The first-order valence-corrected chi connectivity index (χ1v) is 9.10. The van der Waals surface area contributed by atoms with Crippen molar-refractivity contribution in [2.45, 2.75) is 26.9 Å². The minimum atomic E-state index is -1.02. The topological polar surface area (TPSA) is 60.0 Å². The Morgan fingerprint density at radius 1 is 1.04 bits per heavy atom. The van der Waals surface area contributed by atoms with E-state index in [2.05, 4.69) is 26.1 Å². The molecule has 2 aromatic carbocycles. The van der Waals surface area contributed by atoms with Crippen LogP contribution in [0.4, 0.5) is 5.69 Å². The summed E-state index contributed by atoms with van der Waals surface area (Å²) in [7, 11) is 4.67. The fourth-order valence-electron chi connectivity index (χ4n) is 2.84. The lowest BCUT2D eigenvalue weighted by Gasteiger charge is -2.26. The number of ether oxygens (including phenoxy) is 3. The van der Waals surface area contributed by atoms with Crippen LogP contribution in [0.1, 0.15) is 38.0 Å². The second-order valence-corrected chi connectivity index (χ2v) is 7.85. The molecule has 0 spiro atoms. The van der Waals surface area contributed by atoms with Crippen LogP contribution in [0.2, 0.25) is 5.02 Å². The Bertz CT molecular complexity index is 786. The highest BCUT2D eigenvalue weighted by molar-refractivity contribution is 6.32. The molecule has 1 atom stereocenters. The molecule has 2 N–H and O–H groups in total. The molecule has 0 fully saturated rings. The molecule has 0 bridgehead atoms.